The summed E-state index contributed by atoms with van der Waals surface area (Å²) in [6.07, 6.45) is -0.891. The molecule has 0 unspecified atom stereocenters. The van der Waals surface area contributed by atoms with Crippen LogP contribution in [0.3, 0.4) is 0 Å². The number of methoxy groups -OCH3 is 1. The van der Waals surface area contributed by atoms with Gasteiger partial charge in [0.25, 0.3) is 0 Å². The lowest BCUT2D eigenvalue weighted by molar-refractivity contribution is -0.136. The summed E-state index contributed by atoms with van der Waals surface area (Å²) in [6, 6.07) is 20.0. The van der Waals surface area contributed by atoms with Gasteiger partial charge in [-0.3, -0.25) is 9.69 Å². The number of nitrogens with zero attached hydrogens (tertiary/aromatic N) is 1. The molecule has 0 aromatic heterocycles. The van der Waals surface area contributed by atoms with E-state index in [1.165, 1.54) is 7.11 Å². The number of hydrogen-bond donors (Lipinski definition) is 1. The van der Waals surface area contributed by atoms with Gasteiger partial charge < -0.3 is 19.3 Å². The van der Waals surface area contributed by atoms with E-state index in [1.54, 1.807) is 29.2 Å². The van der Waals surface area contributed by atoms with Crippen molar-refractivity contribution >= 4 is 28.0 Å². The highest BCUT2D eigenvalue weighted by atomic mass is 79.9. The van der Waals surface area contributed by atoms with Gasteiger partial charge in [0.2, 0.25) is 0 Å². The highest BCUT2D eigenvalue weighted by molar-refractivity contribution is 9.10. The Kier molecular flexibility index (Phi) is 7.07. The molecule has 1 fully saturated rings. The summed E-state index contributed by atoms with van der Waals surface area (Å²) in [7, 11) is 1.52. The van der Waals surface area contributed by atoms with E-state index in [4.69, 9.17) is 19.3 Å². The van der Waals surface area contributed by atoms with Crippen LogP contribution in [0.25, 0.3) is 0 Å². The Labute approximate surface area is 206 Å². The van der Waals surface area contributed by atoms with Gasteiger partial charge in [0.1, 0.15) is 11.9 Å². The van der Waals surface area contributed by atoms with Crippen LogP contribution in [0.1, 0.15) is 29.7 Å². The molecule has 2 atom stereocenters. The highest BCUT2D eigenvalue weighted by Gasteiger charge is 2.39. The molecule has 0 saturated carbocycles. The fourth-order valence-corrected chi connectivity index (χ4v) is 4.37. The number of carboxylic acid groups (broad SMARTS) is 1. The number of halogens is 1. The normalized spacial score (nSPS) is 17.4. The van der Waals surface area contributed by atoms with Crippen molar-refractivity contribution in [3.05, 3.63) is 87.9 Å². The summed E-state index contributed by atoms with van der Waals surface area (Å²) in [5.74, 6) is 0.456. The Hall–Kier alpha value is -3.52. The van der Waals surface area contributed by atoms with Crippen LogP contribution in [0.2, 0.25) is 0 Å². The molecule has 1 amide bonds. The van der Waals surface area contributed by atoms with Crippen LogP contribution >= 0.6 is 15.9 Å². The van der Waals surface area contributed by atoms with Crippen molar-refractivity contribution in [2.75, 3.05) is 7.11 Å². The minimum Gasteiger partial charge on any atom is -0.493 e. The molecule has 3 aromatic carbocycles. The molecule has 176 valence electrons. The standard InChI is InChI=1S/C26H24BrNO6/c1-16-25(18-6-4-3-5-7-18)34-26(31)28(16)15-19-14-20(27)9-11-21(19)33-23-12-17(13-24(29)30)8-10-22(23)32-2/h3-12,14,16,25H,13,15H2,1-2H3,(H,29,30)/t16-,25-/m0/s1. The van der Waals surface area contributed by atoms with Crippen LogP contribution in [-0.4, -0.2) is 35.2 Å². The monoisotopic (exact) mass is 525 g/mol. The minimum atomic E-state index is -0.935. The maximum Gasteiger partial charge on any atom is 0.411 e. The quantitative estimate of drug-likeness (QED) is 0.390. The first-order valence-electron chi connectivity index (χ1n) is 10.7. The van der Waals surface area contributed by atoms with Crippen molar-refractivity contribution in [3.8, 4) is 17.2 Å². The molecule has 1 heterocycles. The van der Waals surface area contributed by atoms with Crippen molar-refractivity contribution in [2.45, 2.75) is 32.0 Å². The fourth-order valence-electron chi connectivity index (χ4n) is 3.96. The molecule has 34 heavy (non-hydrogen) atoms. The molecular weight excluding hydrogens is 502 g/mol. The molecule has 1 saturated heterocycles. The molecule has 1 aliphatic rings. The number of carbonyl (C=O) groups excluding carboxylic acids is 1. The summed E-state index contributed by atoms with van der Waals surface area (Å²) in [4.78, 5) is 25.6. The number of benzene rings is 3. The second-order valence-electron chi connectivity index (χ2n) is 7.99. The summed E-state index contributed by atoms with van der Waals surface area (Å²) in [5, 5.41) is 9.13. The maximum atomic E-state index is 12.8. The number of carboxylic acids is 1. The number of aliphatic carboxylic acids is 1. The van der Waals surface area contributed by atoms with Gasteiger partial charge in [-0.2, -0.15) is 0 Å². The zero-order chi connectivity index (χ0) is 24.2. The number of amides is 1. The van der Waals surface area contributed by atoms with Gasteiger partial charge >= 0.3 is 12.1 Å². The second-order valence-corrected chi connectivity index (χ2v) is 8.91. The molecule has 0 aliphatic carbocycles. The zero-order valence-electron chi connectivity index (χ0n) is 18.7. The topological polar surface area (TPSA) is 85.3 Å². The van der Waals surface area contributed by atoms with Gasteiger partial charge in [0, 0.05) is 10.0 Å². The SMILES string of the molecule is COc1ccc(CC(=O)O)cc1Oc1ccc(Br)cc1CN1C(=O)O[C@H](c2ccccc2)[C@@H]1C. The zero-order valence-corrected chi connectivity index (χ0v) is 20.3. The van der Waals surface area contributed by atoms with Gasteiger partial charge in [-0.25, -0.2) is 4.79 Å². The van der Waals surface area contributed by atoms with Crippen LogP contribution < -0.4 is 9.47 Å². The Morgan fingerprint density at radius 3 is 2.50 bits per heavy atom. The molecular formula is C26H24BrNO6. The Balaban J connectivity index is 1.61. The van der Waals surface area contributed by atoms with Crippen molar-refractivity contribution in [3.63, 3.8) is 0 Å². The third kappa shape index (κ3) is 5.17. The summed E-state index contributed by atoms with van der Waals surface area (Å²) >= 11 is 3.50. The van der Waals surface area contributed by atoms with Crippen LogP contribution in [0.4, 0.5) is 4.79 Å². The highest BCUT2D eigenvalue weighted by Crippen LogP contribution is 2.38. The van der Waals surface area contributed by atoms with Crippen LogP contribution in [0, 0.1) is 0 Å². The lowest BCUT2D eigenvalue weighted by atomic mass is 10.0. The summed E-state index contributed by atoms with van der Waals surface area (Å²) in [6.45, 7) is 2.23. The lowest BCUT2D eigenvalue weighted by Crippen LogP contribution is -2.31. The van der Waals surface area contributed by atoms with Crippen LogP contribution in [0.15, 0.2) is 71.2 Å². The molecule has 3 aromatic rings. The number of cyclic esters (lactones) is 1. The Morgan fingerprint density at radius 1 is 1.06 bits per heavy atom. The van der Waals surface area contributed by atoms with E-state index in [0.717, 1.165) is 15.6 Å². The molecule has 8 heteroatoms. The molecule has 1 aliphatic heterocycles. The molecule has 1 N–H and O–H groups in total. The van der Waals surface area contributed by atoms with E-state index < -0.39 is 12.1 Å². The number of rotatable bonds is 8. The van der Waals surface area contributed by atoms with Gasteiger partial charge in [-0.05, 0) is 48.4 Å². The Bertz CT molecular complexity index is 1200. The largest absolute Gasteiger partial charge is 0.493 e. The van der Waals surface area contributed by atoms with E-state index >= 15 is 0 Å². The predicted molar refractivity (Wildman–Crippen MR) is 129 cm³/mol. The van der Waals surface area contributed by atoms with Gasteiger partial charge in [0.15, 0.2) is 11.5 Å². The van der Waals surface area contributed by atoms with Gasteiger partial charge in [0.05, 0.1) is 26.1 Å². The van der Waals surface area contributed by atoms with E-state index in [1.807, 2.05) is 49.4 Å². The van der Waals surface area contributed by atoms with E-state index in [-0.39, 0.29) is 25.1 Å². The average molecular weight is 526 g/mol. The smallest absolute Gasteiger partial charge is 0.411 e. The van der Waals surface area contributed by atoms with Crippen molar-refractivity contribution in [2.24, 2.45) is 0 Å². The first-order chi connectivity index (χ1) is 16.4. The second kappa shape index (κ2) is 10.2. The molecule has 4 rings (SSSR count). The van der Waals surface area contributed by atoms with Gasteiger partial charge in [-0.1, -0.05) is 52.3 Å². The number of hydrogen-bond acceptors (Lipinski definition) is 5. The van der Waals surface area contributed by atoms with Crippen molar-refractivity contribution < 1.29 is 28.9 Å². The Morgan fingerprint density at radius 2 is 1.79 bits per heavy atom. The van der Waals surface area contributed by atoms with Crippen molar-refractivity contribution in [1.29, 1.82) is 0 Å². The fraction of sp³-hybridized carbons (Fsp3) is 0.231. The molecule has 0 bridgehead atoms. The number of ether oxygens (including phenoxy) is 3. The van der Waals surface area contributed by atoms with Crippen LogP contribution in [-0.2, 0) is 22.5 Å². The van der Waals surface area contributed by atoms with E-state index in [2.05, 4.69) is 15.9 Å². The minimum absolute atomic E-state index is 0.133. The predicted octanol–water partition coefficient (Wildman–Crippen LogP) is 5.96. The average Bonchev–Trinajstić information content (AvgIpc) is 3.09. The molecule has 7 nitrogen and oxygen atoms in total. The summed E-state index contributed by atoms with van der Waals surface area (Å²) < 4.78 is 18.1. The van der Waals surface area contributed by atoms with E-state index in [9.17, 15) is 9.59 Å². The summed E-state index contributed by atoms with van der Waals surface area (Å²) in [5.41, 5.74) is 2.29. The molecule has 0 radical (unpaired) electrons. The van der Waals surface area contributed by atoms with E-state index in [0.29, 0.717) is 22.8 Å². The third-order valence-electron chi connectivity index (χ3n) is 5.69. The van der Waals surface area contributed by atoms with Crippen LogP contribution in [0.5, 0.6) is 17.2 Å². The lowest BCUT2D eigenvalue weighted by Gasteiger charge is -2.22. The van der Waals surface area contributed by atoms with Crippen molar-refractivity contribution in [1.82, 2.24) is 4.90 Å². The van der Waals surface area contributed by atoms with Gasteiger partial charge in [-0.15, -0.1) is 0 Å². The first kappa shape index (κ1) is 23.6. The molecule has 0 spiro atoms. The number of carbonyl (C=O) groups is 2. The third-order valence-corrected chi connectivity index (χ3v) is 6.18. The maximum absolute atomic E-state index is 12.8. The first-order valence-corrected chi connectivity index (χ1v) is 11.5.